The molecule has 2 bridgehead atoms. The number of rotatable bonds is 8. The quantitative estimate of drug-likeness (QED) is 0.198. The largest absolute Gasteiger partial charge is 0.454 e. The zero-order valence-corrected chi connectivity index (χ0v) is 19.1. The molecule has 3 amide bonds. The fourth-order valence-corrected chi connectivity index (χ4v) is 5.48. The zero-order chi connectivity index (χ0) is 25.4. The first-order valence-electron chi connectivity index (χ1n) is 11.6. The number of ether oxygens (including phenoxy) is 1. The summed E-state index contributed by atoms with van der Waals surface area (Å²) >= 11 is 0. The minimum atomic E-state index is -1.21. The number of hydrogen-bond acceptors (Lipinski definition) is 7. The van der Waals surface area contributed by atoms with Gasteiger partial charge in [0.1, 0.15) is 6.04 Å². The molecule has 2 aromatic carbocycles. The number of esters is 1. The second-order valence-electron chi connectivity index (χ2n) is 9.22. The molecular formula is C26H23N3O7. The van der Waals surface area contributed by atoms with Crippen molar-refractivity contribution in [2.24, 2.45) is 23.7 Å². The van der Waals surface area contributed by atoms with E-state index in [1.54, 1.807) is 24.3 Å². The number of nitrogens with zero attached hydrogens (tertiary/aromatic N) is 2. The maximum absolute atomic E-state index is 13.3. The Morgan fingerprint density at radius 3 is 2.33 bits per heavy atom. The third kappa shape index (κ3) is 4.26. The number of imide groups is 1. The molecule has 0 radical (unpaired) electrons. The Bertz CT molecular complexity index is 1250. The SMILES string of the molecule is O=C(COC(=O)[C@H](Cc1ccccc1)N1C(=O)[C@H]2[C@H](C1=O)[C@H]1C=C[C@H]2C1)Nc1cccc([N+](=O)[O-])c1. The summed E-state index contributed by atoms with van der Waals surface area (Å²) in [5, 5.41) is 13.4. The van der Waals surface area contributed by atoms with Crippen LogP contribution in [0, 0.1) is 33.8 Å². The Labute approximate surface area is 206 Å². The van der Waals surface area contributed by atoms with Crippen molar-refractivity contribution in [2.45, 2.75) is 18.9 Å². The first kappa shape index (κ1) is 23.4. The van der Waals surface area contributed by atoms with Gasteiger partial charge in [-0.3, -0.25) is 29.4 Å². The highest BCUT2D eigenvalue weighted by Gasteiger charge is 2.61. The molecule has 1 N–H and O–H groups in total. The Morgan fingerprint density at radius 1 is 1.03 bits per heavy atom. The van der Waals surface area contributed by atoms with Gasteiger partial charge in [-0.25, -0.2) is 4.79 Å². The summed E-state index contributed by atoms with van der Waals surface area (Å²) in [5.74, 6) is -3.25. The summed E-state index contributed by atoms with van der Waals surface area (Å²) in [6.45, 7) is -0.678. The van der Waals surface area contributed by atoms with Crippen molar-refractivity contribution in [1.29, 1.82) is 0 Å². The average Bonchev–Trinajstić information content (AvgIpc) is 3.56. The van der Waals surface area contributed by atoms with Gasteiger partial charge in [0.2, 0.25) is 11.8 Å². The van der Waals surface area contributed by atoms with Crippen LogP contribution in [-0.4, -0.2) is 46.2 Å². The van der Waals surface area contributed by atoms with Crippen molar-refractivity contribution in [2.75, 3.05) is 11.9 Å². The monoisotopic (exact) mass is 489 g/mol. The van der Waals surface area contributed by atoms with Crippen molar-refractivity contribution in [3.8, 4) is 0 Å². The lowest BCUT2D eigenvalue weighted by Crippen LogP contribution is -2.48. The molecule has 2 aliphatic carbocycles. The Morgan fingerprint density at radius 2 is 1.69 bits per heavy atom. The maximum Gasteiger partial charge on any atom is 0.330 e. The van der Waals surface area contributed by atoms with Crippen LogP contribution in [0.5, 0.6) is 0 Å². The highest BCUT2D eigenvalue weighted by molar-refractivity contribution is 6.09. The van der Waals surface area contributed by atoms with E-state index < -0.39 is 41.3 Å². The van der Waals surface area contributed by atoms with E-state index in [-0.39, 0.29) is 41.4 Å². The molecule has 1 aliphatic heterocycles. The van der Waals surface area contributed by atoms with Gasteiger partial charge in [-0.15, -0.1) is 0 Å². The van der Waals surface area contributed by atoms with E-state index in [0.29, 0.717) is 0 Å². The second-order valence-corrected chi connectivity index (χ2v) is 9.22. The molecule has 36 heavy (non-hydrogen) atoms. The Hall–Kier alpha value is -4.34. The average molecular weight is 489 g/mol. The fraction of sp³-hybridized carbons (Fsp3) is 0.308. The van der Waals surface area contributed by atoms with Gasteiger partial charge in [0.15, 0.2) is 6.61 Å². The van der Waals surface area contributed by atoms with Crippen LogP contribution in [0.3, 0.4) is 0 Å². The second kappa shape index (κ2) is 9.37. The summed E-state index contributed by atoms with van der Waals surface area (Å²) in [6, 6.07) is 13.1. The molecule has 2 fully saturated rings. The Balaban J connectivity index is 1.30. The van der Waals surface area contributed by atoms with E-state index in [2.05, 4.69) is 5.32 Å². The number of anilines is 1. The van der Waals surface area contributed by atoms with E-state index in [9.17, 15) is 29.3 Å². The fourth-order valence-electron chi connectivity index (χ4n) is 5.48. The van der Waals surface area contributed by atoms with Crippen LogP contribution in [0.25, 0.3) is 0 Å². The number of benzene rings is 2. The zero-order valence-electron chi connectivity index (χ0n) is 19.1. The lowest BCUT2D eigenvalue weighted by molar-refractivity contribution is -0.384. The number of fused-ring (bicyclic) bond motifs is 5. The molecule has 1 saturated carbocycles. The number of carbonyl (C=O) groups excluding carboxylic acids is 4. The van der Waals surface area contributed by atoms with Gasteiger partial charge >= 0.3 is 5.97 Å². The van der Waals surface area contributed by atoms with Crippen molar-refractivity contribution in [1.82, 2.24) is 4.90 Å². The summed E-state index contributed by atoms with van der Waals surface area (Å²) in [5.41, 5.74) is 0.707. The van der Waals surface area contributed by atoms with Crippen LogP contribution in [0.1, 0.15) is 12.0 Å². The topological polar surface area (TPSA) is 136 Å². The molecule has 184 valence electrons. The molecular weight excluding hydrogens is 466 g/mol. The van der Waals surface area contributed by atoms with E-state index in [4.69, 9.17) is 4.74 Å². The number of nitro groups is 1. The third-order valence-corrected chi connectivity index (χ3v) is 7.05. The highest BCUT2D eigenvalue weighted by Crippen LogP contribution is 2.53. The molecule has 0 aromatic heterocycles. The molecule has 5 rings (SSSR count). The van der Waals surface area contributed by atoms with Gasteiger partial charge < -0.3 is 10.1 Å². The molecule has 1 saturated heterocycles. The summed E-state index contributed by atoms with van der Waals surface area (Å²) < 4.78 is 5.24. The highest BCUT2D eigenvalue weighted by atomic mass is 16.6. The molecule has 0 spiro atoms. The summed E-state index contributed by atoms with van der Waals surface area (Å²) in [7, 11) is 0. The molecule has 1 heterocycles. The van der Waals surface area contributed by atoms with Crippen LogP contribution in [0.15, 0.2) is 66.7 Å². The van der Waals surface area contributed by atoms with Gasteiger partial charge in [-0.05, 0) is 29.9 Å². The van der Waals surface area contributed by atoms with Crippen molar-refractivity contribution in [3.05, 3.63) is 82.4 Å². The molecule has 10 nitrogen and oxygen atoms in total. The summed E-state index contributed by atoms with van der Waals surface area (Å²) in [4.78, 5) is 63.6. The van der Waals surface area contributed by atoms with E-state index in [0.717, 1.165) is 16.9 Å². The lowest BCUT2D eigenvalue weighted by atomic mass is 9.85. The number of nitrogens with one attached hydrogen (secondary N) is 1. The van der Waals surface area contributed by atoms with Gasteiger partial charge in [-0.1, -0.05) is 48.6 Å². The number of hydrogen-bond donors (Lipinski definition) is 1. The van der Waals surface area contributed by atoms with E-state index in [1.165, 1.54) is 24.3 Å². The summed E-state index contributed by atoms with van der Waals surface area (Å²) in [6.07, 6.45) is 4.78. The first-order valence-corrected chi connectivity index (χ1v) is 11.6. The molecule has 5 atom stereocenters. The number of carbonyl (C=O) groups is 4. The smallest absolute Gasteiger partial charge is 0.330 e. The molecule has 0 unspecified atom stereocenters. The Kier molecular flexibility index (Phi) is 6.09. The number of likely N-dealkylation sites (tertiary alicyclic amines) is 1. The minimum Gasteiger partial charge on any atom is -0.454 e. The minimum absolute atomic E-state index is 0.00412. The lowest BCUT2D eigenvalue weighted by Gasteiger charge is -2.26. The van der Waals surface area contributed by atoms with Gasteiger partial charge in [0, 0.05) is 24.2 Å². The van der Waals surface area contributed by atoms with Crippen LogP contribution in [0.2, 0.25) is 0 Å². The van der Waals surface area contributed by atoms with E-state index in [1.807, 2.05) is 18.2 Å². The standard InChI is InChI=1S/C26H23N3O7/c30-21(27-18-7-4-8-19(13-18)29(34)35)14-36-26(33)20(11-15-5-2-1-3-6-15)28-24(31)22-16-9-10-17(12-16)23(22)25(28)32/h1-10,13,16-17,20,22-23H,11-12,14H2,(H,27,30)/t16-,17-,20-,22+,23+/m0/s1. The van der Waals surface area contributed by atoms with Crippen LogP contribution >= 0.6 is 0 Å². The van der Waals surface area contributed by atoms with Crippen LogP contribution < -0.4 is 5.32 Å². The number of non-ortho nitro benzene ring substituents is 1. The molecule has 2 aromatic rings. The van der Waals surface area contributed by atoms with Gasteiger partial charge in [-0.2, -0.15) is 0 Å². The third-order valence-electron chi connectivity index (χ3n) is 7.05. The molecule has 10 heteroatoms. The predicted molar refractivity (Wildman–Crippen MR) is 126 cm³/mol. The van der Waals surface area contributed by atoms with Crippen LogP contribution in [-0.2, 0) is 30.3 Å². The van der Waals surface area contributed by atoms with Gasteiger partial charge in [0.05, 0.1) is 16.8 Å². The number of amides is 3. The van der Waals surface area contributed by atoms with Crippen LogP contribution in [0.4, 0.5) is 11.4 Å². The predicted octanol–water partition coefficient (Wildman–Crippen LogP) is 2.49. The van der Waals surface area contributed by atoms with Gasteiger partial charge in [0.25, 0.3) is 11.6 Å². The normalized spacial score (nSPS) is 24.5. The van der Waals surface area contributed by atoms with Crippen molar-refractivity contribution >= 4 is 35.1 Å². The van der Waals surface area contributed by atoms with Crippen molar-refractivity contribution < 1.29 is 28.8 Å². The first-order chi connectivity index (χ1) is 17.3. The van der Waals surface area contributed by atoms with Crippen molar-refractivity contribution in [3.63, 3.8) is 0 Å². The van der Waals surface area contributed by atoms with E-state index >= 15 is 0 Å². The number of nitro benzene ring substituents is 1. The molecule has 3 aliphatic rings. The number of allylic oxidation sites excluding steroid dienone is 2. The maximum atomic E-state index is 13.3.